The average Bonchev–Trinajstić information content (AvgIpc) is 1.99. The molecule has 0 aromatic carbocycles. The van der Waals surface area contributed by atoms with Gasteiger partial charge in [0.2, 0.25) is 6.41 Å². The number of nitrogens with zero attached hydrogens (tertiary/aromatic N) is 1. The summed E-state index contributed by atoms with van der Waals surface area (Å²) in [4.78, 5) is 11.6. The molecule has 0 saturated heterocycles. The van der Waals surface area contributed by atoms with Crippen LogP contribution in [-0.4, -0.2) is 31.4 Å². The number of amides is 1. The van der Waals surface area contributed by atoms with E-state index in [1.165, 1.54) is 0 Å². The summed E-state index contributed by atoms with van der Waals surface area (Å²) in [5.41, 5.74) is 6.43. The van der Waals surface area contributed by atoms with Crippen LogP contribution in [0.4, 0.5) is 0 Å². The van der Waals surface area contributed by atoms with Gasteiger partial charge < -0.3 is 10.6 Å². The Balaban J connectivity index is 3.60. The molecule has 58 valence electrons. The fraction of sp³-hybridized carbons (Fsp3) is 0.571. The normalized spacial score (nSPS) is 11.3. The number of likely N-dealkylation sites (N-methyl/N-ethyl adjacent to an activating group) is 1. The highest BCUT2D eigenvalue weighted by Gasteiger charge is 1.88. The molecule has 0 aromatic heterocycles. The lowest BCUT2D eigenvalue weighted by atomic mass is 10.3. The zero-order chi connectivity index (χ0) is 7.98. The van der Waals surface area contributed by atoms with Crippen molar-refractivity contribution in [1.82, 2.24) is 4.90 Å². The summed E-state index contributed by atoms with van der Waals surface area (Å²) in [6.07, 6.45) is 2.73. The van der Waals surface area contributed by atoms with Gasteiger partial charge in [0, 0.05) is 20.1 Å². The first kappa shape index (κ1) is 9.17. The van der Waals surface area contributed by atoms with Crippen molar-refractivity contribution in [2.45, 2.75) is 6.92 Å². The van der Waals surface area contributed by atoms with Crippen LogP contribution in [0.15, 0.2) is 11.6 Å². The molecule has 0 radical (unpaired) electrons. The van der Waals surface area contributed by atoms with Gasteiger partial charge in [-0.1, -0.05) is 11.6 Å². The molecule has 0 atom stereocenters. The molecule has 0 heterocycles. The van der Waals surface area contributed by atoms with Crippen molar-refractivity contribution < 1.29 is 4.79 Å². The molecule has 1 amide bonds. The second-order valence-electron chi connectivity index (χ2n) is 2.30. The number of carbonyl (C=O) groups excluding carboxylic acids is 1. The topological polar surface area (TPSA) is 46.3 Å². The fourth-order valence-electron chi connectivity index (χ4n) is 0.426. The summed E-state index contributed by atoms with van der Waals surface area (Å²) in [6, 6.07) is 0. The first-order valence-electron chi connectivity index (χ1n) is 3.22. The number of nitrogens with two attached hydrogens (primary N) is 1. The van der Waals surface area contributed by atoms with Gasteiger partial charge in [-0.15, -0.1) is 0 Å². The molecule has 3 nitrogen and oxygen atoms in total. The van der Waals surface area contributed by atoms with Gasteiger partial charge in [-0.2, -0.15) is 0 Å². The number of hydrogen-bond donors (Lipinski definition) is 1. The van der Waals surface area contributed by atoms with E-state index in [1.54, 1.807) is 11.9 Å². The smallest absolute Gasteiger partial charge is 0.209 e. The van der Waals surface area contributed by atoms with Crippen molar-refractivity contribution >= 4 is 6.41 Å². The van der Waals surface area contributed by atoms with Crippen molar-refractivity contribution in [3.8, 4) is 0 Å². The predicted molar refractivity (Wildman–Crippen MR) is 41.5 cm³/mol. The van der Waals surface area contributed by atoms with Gasteiger partial charge in [0.15, 0.2) is 0 Å². The summed E-state index contributed by atoms with van der Waals surface area (Å²) in [7, 11) is 1.73. The molecule has 2 N–H and O–H groups in total. The molecule has 0 unspecified atom stereocenters. The maximum absolute atomic E-state index is 10.1. The van der Waals surface area contributed by atoms with E-state index in [9.17, 15) is 4.79 Å². The Morgan fingerprint density at radius 2 is 2.30 bits per heavy atom. The lowest BCUT2D eigenvalue weighted by Crippen LogP contribution is -2.16. The Morgan fingerprint density at radius 3 is 2.70 bits per heavy atom. The summed E-state index contributed by atoms with van der Waals surface area (Å²) < 4.78 is 0. The molecule has 0 saturated carbocycles. The van der Waals surface area contributed by atoms with E-state index in [0.717, 1.165) is 12.0 Å². The molecule has 0 aliphatic carbocycles. The van der Waals surface area contributed by atoms with E-state index < -0.39 is 0 Å². The molecule has 0 aromatic rings. The summed E-state index contributed by atoms with van der Waals surface area (Å²) in [5.74, 6) is 0. The van der Waals surface area contributed by atoms with Crippen molar-refractivity contribution in [3.63, 3.8) is 0 Å². The van der Waals surface area contributed by atoms with Gasteiger partial charge in [0.05, 0.1) is 0 Å². The third-order valence-corrected chi connectivity index (χ3v) is 1.23. The highest BCUT2D eigenvalue weighted by molar-refractivity contribution is 5.46. The van der Waals surface area contributed by atoms with Crippen LogP contribution in [0.25, 0.3) is 0 Å². The molecule has 3 heteroatoms. The molecule has 10 heavy (non-hydrogen) atoms. The van der Waals surface area contributed by atoms with Crippen LogP contribution < -0.4 is 5.73 Å². The summed E-state index contributed by atoms with van der Waals surface area (Å²) >= 11 is 0. The minimum absolute atomic E-state index is 0.562. The van der Waals surface area contributed by atoms with Crippen LogP contribution in [0.3, 0.4) is 0 Å². The molecule has 0 bridgehead atoms. The fourth-order valence-corrected chi connectivity index (χ4v) is 0.426. The Morgan fingerprint density at radius 1 is 1.70 bits per heavy atom. The van der Waals surface area contributed by atoms with Crippen molar-refractivity contribution in [2.75, 3.05) is 20.1 Å². The first-order valence-corrected chi connectivity index (χ1v) is 3.22. The largest absolute Gasteiger partial charge is 0.345 e. The minimum atomic E-state index is 0.562. The highest BCUT2D eigenvalue weighted by atomic mass is 16.1. The monoisotopic (exact) mass is 142 g/mol. The van der Waals surface area contributed by atoms with Gasteiger partial charge >= 0.3 is 0 Å². The van der Waals surface area contributed by atoms with Crippen LogP contribution in [-0.2, 0) is 4.79 Å². The van der Waals surface area contributed by atoms with Crippen LogP contribution in [0, 0.1) is 0 Å². The predicted octanol–water partition coefficient (Wildman–Crippen LogP) is -0.0204. The van der Waals surface area contributed by atoms with Crippen LogP contribution in [0.2, 0.25) is 0 Å². The van der Waals surface area contributed by atoms with Crippen LogP contribution in [0.1, 0.15) is 6.92 Å². The van der Waals surface area contributed by atoms with E-state index in [-0.39, 0.29) is 0 Å². The van der Waals surface area contributed by atoms with Gasteiger partial charge in [-0.05, 0) is 6.92 Å². The molecule has 0 spiro atoms. The second kappa shape index (κ2) is 4.99. The van der Waals surface area contributed by atoms with Crippen molar-refractivity contribution in [1.29, 1.82) is 0 Å². The van der Waals surface area contributed by atoms with Crippen LogP contribution >= 0.6 is 0 Å². The highest BCUT2D eigenvalue weighted by Crippen LogP contribution is 1.87. The number of carbonyl (C=O) groups is 1. The van der Waals surface area contributed by atoms with E-state index in [2.05, 4.69) is 0 Å². The Hall–Kier alpha value is -0.830. The number of hydrogen-bond acceptors (Lipinski definition) is 2. The molecular weight excluding hydrogens is 128 g/mol. The van der Waals surface area contributed by atoms with E-state index in [0.29, 0.717) is 13.1 Å². The zero-order valence-corrected chi connectivity index (χ0v) is 6.50. The maximum atomic E-state index is 10.1. The maximum Gasteiger partial charge on any atom is 0.209 e. The number of rotatable bonds is 4. The van der Waals surface area contributed by atoms with Gasteiger partial charge in [-0.25, -0.2) is 0 Å². The first-order chi connectivity index (χ1) is 4.70. The third-order valence-electron chi connectivity index (χ3n) is 1.23. The van der Waals surface area contributed by atoms with E-state index in [1.807, 2.05) is 13.0 Å². The molecule has 0 aliphatic rings. The third kappa shape index (κ3) is 4.09. The lowest BCUT2D eigenvalue weighted by molar-refractivity contribution is -0.116. The van der Waals surface area contributed by atoms with Gasteiger partial charge in [0.1, 0.15) is 0 Å². The minimum Gasteiger partial charge on any atom is -0.345 e. The standard InChI is InChI=1S/C7H14N2O/c1-7(5-8)3-4-9(2)6-10/h3,6H,4-5,8H2,1-2H3/b7-3+. The summed E-state index contributed by atoms with van der Waals surface area (Å²) in [6.45, 7) is 3.15. The molecule has 0 fully saturated rings. The summed E-state index contributed by atoms with van der Waals surface area (Å²) in [5, 5.41) is 0. The quantitative estimate of drug-likeness (QED) is 0.443. The van der Waals surface area contributed by atoms with E-state index in [4.69, 9.17) is 5.73 Å². The van der Waals surface area contributed by atoms with Crippen molar-refractivity contribution in [2.24, 2.45) is 5.73 Å². The molecule has 0 rings (SSSR count). The SMILES string of the molecule is C/C(=C\CN(C)C=O)CN. The Labute approximate surface area is 61.5 Å². The Bertz CT molecular complexity index is 132. The average molecular weight is 142 g/mol. The van der Waals surface area contributed by atoms with Gasteiger partial charge in [0.25, 0.3) is 0 Å². The zero-order valence-electron chi connectivity index (χ0n) is 6.50. The lowest BCUT2D eigenvalue weighted by Gasteiger charge is -2.06. The van der Waals surface area contributed by atoms with Crippen LogP contribution in [0.5, 0.6) is 0 Å². The van der Waals surface area contributed by atoms with E-state index >= 15 is 0 Å². The second-order valence-corrected chi connectivity index (χ2v) is 2.30. The van der Waals surface area contributed by atoms with Crippen molar-refractivity contribution in [3.05, 3.63) is 11.6 Å². The van der Waals surface area contributed by atoms with Gasteiger partial charge in [-0.3, -0.25) is 4.79 Å². The molecule has 0 aliphatic heterocycles. The molecular formula is C7H14N2O. The Kier molecular flexibility index (Phi) is 4.58.